The van der Waals surface area contributed by atoms with E-state index in [1.165, 1.54) is 48.4 Å². The van der Waals surface area contributed by atoms with Crippen molar-refractivity contribution in [1.82, 2.24) is 9.55 Å². The first-order valence-electron chi connectivity index (χ1n) is 16.5. The Balaban J connectivity index is 1.20. The highest BCUT2D eigenvalue weighted by Gasteiger charge is 2.19. The molecule has 7 aromatic carbocycles. The van der Waals surface area contributed by atoms with E-state index in [0.717, 1.165) is 38.5 Å². The normalized spacial score (nSPS) is 11.7. The third-order valence-corrected chi connectivity index (χ3v) is 10.7. The first-order valence-corrected chi connectivity index (χ1v) is 17.4. The SMILES string of the molecule is c1ccc(-c2ccc(N(c3ccc4sc5nc6ccccc6cc5c4c3)c3ccc4c5ccccc5n(-c5ccccc5)c4c3)cc2)cc1. The van der Waals surface area contributed by atoms with Crippen LogP contribution in [0.3, 0.4) is 0 Å². The van der Waals surface area contributed by atoms with Crippen molar-refractivity contribution in [2.75, 3.05) is 4.90 Å². The van der Waals surface area contributed by atoms with Crippen LogP contribution in [0.15, 0.2) is 176 Å². The molecule has 0 fully saturated rings. The van der Waals surface area contributed by atoms with Crippen LogP contribution in [0.2, 0.25) is 0 Å². The van der Waals surface area contributed by atoms with Crippen LogP contribution in [0, 0.1) is 0 Å². The molecule has 0 saturated carbocycles. The van der Waals surface area contributed by atoms with Crippen LogP contribution in [0.1, 0.15) is 0 Å². The van der Waals surface area contributed by atoms with Crippen LogP contribution < -0.4 is 4.90 Å². The van der Waals surface area contributed by atoms with E-state index in [1.807, 2.05) is 0 Å². The van der Waals surface area contributed by atoms with Crippen molar-refractivity contribution in [3.63, 3.8) is 0 Å². The van der Waals surface area contributed by atoms with E-state index in [0.29, 0.717) is 0 Å². The van der Waals surface area contributed by atoms with Gasteiger partial charge in [0.25, 0.3) is 0 Å². The fourth-order valence-electron chi connectivity index (χ4n) is 7.26. The molecule has 0 aliphatic carbocycles. The van der Waals surface area contributed by atoms with E-state index in [2.05, 4.69) is 185 Å². The summed E-state index contributed by atoms with van der Waals surface area (Å²) in [5, 5.41) is 6.06. The van der Waals surface area contributed by atoms with E-state index in [-0.39, 0.29) is 0 Å². The number of hydrogen-bond donors (Lipinski definition) is 0. The van der Waals surface area contributed by atoms with Gasteiger partial charge < -0.3 is 9.47 Å². The second-order valence-corrected chi connectivity index (χ2v) is 13.5. The maximum Gasteiger partial charge on any atom is 0.125 e. The molecule has 3 heterocycles. The zero-order valence-corrected chi connectivity index (χ0v) is 27.3. The van der Waals surface area contributed by atoms with Crippen molar-refractivity contribution in [3.8, 4) is 16.8 Å². The Morgan fingerprint density at radius 1 is 0.449 bits per heavy atom. The first-order chi connectivity index (χ1) is 24.3. The summed E-state index contributed by atoms with van der Waals surface area (Å²) in [6.07, 6.45) is 0. The number of para-hydroxylation sites is 3. The Labute approximate surface area is 287 Å². The maximum absolute atomic E-state index is 5.04. The minimum Gasteiger partial charge on any atom is -0.310 e. The van der Waals surface area contributed by atoms with E-state index in [9.17, 15) is 0 Å². The summed E-state index contributed by atoms with van der Waals surface area (Å²) in [7, 11) is 0. The van der Waals surface area contributed by atoms with Crippen molar-refractivity contribution in [1.29, 1.82) is 0 Å². The number of aromatic nitrogens is 2. The lowest BCUT2D eigenvalue weighted by molar-refractivity contribution is 1.18. The fraction of sp³-hybridized carbons (Fsp3) is 0. The Hall–Kier alpha value is -6.23. The number of anilines is 3. The van der Waals surface area contributed by atoms with Gasteiger partial charge in [-0.25, -0.2) is 4.98 Å². The molecule has 3 aromatic heterocycles. The lowest BCUT2D eigenvalue weighted by Crippen LogP contribution is -2.10. The van der Waals surface area contributed by atoms with Crippen molar-refractivity contribution in [2.45, 2.75) is 0 Å². The van der Waals surface area contributed by atoms with Gasteiger partial charge in [-0.2, -0.15) is 0 Å². The Kier molecular flexibility index (Phi) is 6.36. The molecule has 49 heavy (non-hydrogen) atoms. The zero-order valence-electron chi connectivity index (χ0n) is 26.5. The number of rotatable bonds is 5. The van der Waals surface area contributed by atoms with E-state index in [1.54, 1.807) is 11.3 Å². The lowest BCUT2D eigenvalue weighted by Gasteiger charge is -2.26. The van der Waals surface area contributed by atoms with Gasteiger partial charge in [0.1, 0.15) is 4.83 Å². The van der Waals surface area contributed by atoms with Crippen LogP contribution in [-0.2, 0) is 0 Å². The highest BCUT2D eigenvalue weighted by Crippen LogP contribution is 2.43. The summed E-state index contributed by atoms with van der Waals surface area (Å²) in [5.74, 6) is 0. The maximum atomic E-state index is 5.04. The van der Waals surface area contributed by atoms with Gasteiger partial charge in [0, 0.05) is 54.4 Å². The molecule has 0 bridgehead atoms. The minimum atomic E-state index is 1.03. The average Bonchev–Trinajstić information content (AvgIpc) is 3.69. The van der Waals surface area contributed by atoms with Gasteiger partial charge >= 0.3 is 0 Å². The third kappa shape index (κ3) is 4.61. The highest BCUT2D eigenvalue weighted by atomic mass is 32.1. The predicted molar refractivity (Wildman–Crippen MR) is 209 cm³/mol. The molecule has 3 nitrogen and oxygen atoms in total. The second-order valence-electron chi connectivity index (χ2n) is 12.5. The number of benzene rings is 7. The Morgan fingerprint density at radius 2 is 1.10 bits per heavy atom. The van der Waals surface area contributed by atoms with Crippen LogP contribution in [0.25, 0.3) is 69.8 Å². The second kappa shape index (κ2) is 11.2. The molecule has 10 rings (SSSR count). The molecule has 0 N–H and O–H groups in total. The number of pyridine rings is 1. The average molecular weight is 644 g/mol. The van der Waals surface area contributed by atoms with Crippen LogP contribution >= 0.6 is 11.3 Å². The van der Waals surface area contributed by atoms with Crippen molar-refractivity contribution in [3.05, 3.63) is 176 Å². The molecule has 230 valence electrons. The molecule has 0 aliphatic rings. The minimum absolute atomic E-state index is 1.03. The Bertz CT molecular complexity index is 2820. The van der Waals surface area contributed by atoms with Gasteiger partial charge in [0.05, 0.1) is 16.6 Å². The van der Waals surface area contributed by atoms with Crippen LogP contribution in [-0.4, -0.2) is 9.55 Å². The van der Waals surface area contributed by atoms with Crippen LogP contribution in [0.5, 0.6) is 0 Å². The molecule has 0 spiro atoms. The zero-order chi connectivity index (χ0) is 32.3. The largest absolute Gasteiger partial charge is 0.310 e. The summed E-state index contributed by atoms with van der Waals surface area (Å²) in [4.78, 5) is 8.50. The topological polar surface area (TPSA) is 21.1 Å². The van der Waals surface area contributed by atoms with Gasteiger partial charge in [-0.15, -0.1) is 11.3 Å². The highest BCUT2D eigenvalue weighted by molar-refractivity contribution is 7.25. The van der Waals surface area contributed by atoms with Crippen molar-refractivity contribution < 1.29 is 0 Å². The summed E-state index contributed by atoms with van der Waals surface area (Å²) >= 11 is 1.76. The molecule has 0 amide bonds. The molecule has 0 radical (unpaired) electrons. The lowest BCUT2D eigenvalue weighted by atomic mass is 10.0. The molecule has 0 saturated heterocycles. The van der Waals surface area contributed by atoms with Gasteiger partial charge in [0.15, 0.2) is 0 Å². The van der Waals surface area contributed by atoms with Gasteiger partial charge in [-0.3, -0.25) is 0 Å². The Morgan fingerprint density at radius 3 is 1.96 bits per heavy atom. The van der Waals surface area contributed by atoms with Gasteiger partial charge in [-0.05, 0) is 83.9 Å². The molecule has 0 unspecified atom stereocenters. The molecular weight excluding hydrogens is 615 g/mol. The molecule has 0 atom stereocenters. The van der Waals surface area contributed by atoms with Gasteiger partial charge in [-0.1, -0.05) is 103 Å². The number of thiophene rings is 1. The fourth-order valence-corrected chi connectivity index (χ4v) is 8.31. The van der Waals surface area contributed by atoms with E-state index in [4.69, 9.17) is 4.98 Å². The predicted octanol–water partition coefficient (Wildman–Crippen LogP) is 12.8. The van der Waals surface area contributed by atoms with Gasteiger partial charge in [0.2, 0.25) is 0 Å². The summed E-state index contributed by atoms with van der Waals surface area (Å²) in [6.45, 7) is 0. The third-order valence-electron chi connectivity index (χ3n) is 9.57. The number of nitrogens with zero attached hydrogens (tertiary/aromatic N) is 3. The smallest absolute Gasteiger partial charge is 0.125 e. The summed E-state index contributed by atoms with van der Waals surface area (Å²) < 4.78 is 3.62. The van der Waals surface area contributed by atoms with E-state index >= 15 is 0 Å². The molecule has 4 heteroatoms. The molecule has 10 aromatic rings. The number of hydrogen-bond acceptors (Lipinski definition) is 3. The summed E-state index contributed by atoms with van der Waals surface area (Å²) in [5.41, 5.74) is 10.3. The van der Waals surface area contributed by atoms with Crippen molar-refractivity contribution >= 4 is 81.4 Å². The first kappa shape index (κ1) is 27.8. The number of fused-ring (bicyclic) bond motifs is 7. The van der Waals surface area contributed by atoms with Crippen LogP contribution in [0.4, 0.5) is 17.1 Å². The van der Waals surface area contributed by atoms with Crippen molar-refractivity contribution in [2.24, 2.45) is 0 Å². The van der Waals surface area contributed by atoms with E-state index < -0.39 is 0 Å². The quantitative estimate of drug-likeness (QED) is 0.186. The molecular formula is C45H29N3S. The molecule has 0 aliphatic heterocycles. The summed E-state index contributed by atoms with van der Waals surface area (Å²) in [6, 6.07) is 63.3. The monoisotopic (exact) mass is 643 g/mol. The standard InChI is InChI=1S/C45H29N3S/c1-3-11-30(12-4-1)31-19-21-34(22-20-31)47(35-24-26-44-39(28-35)40-27-32-13-7-9-17-41(32)46-45(40)49-44)36-23-25-38-37-16-8-10-18-42(37)48(43(38)29-36)33-14-5-2-6-15-33/h1-29H.